The molecular weight excluding hydrogens is 246 g/mol. The standard InChI is InChI=1S/C12H15N5S/c1-7-4-8(2)14-11(5-7)18-12-6-10(17-13)15-9(3)16-12/h4-6H,13H2,1-3H3,(H,15,16,17). The highest BCUT2D eigenvalue weighted by molar-refractivity contribution is 7.99. The van der Waals surface area contributed by atoms with Crippen LogP contribution in [0, 0.1) is 20.8 Å². The van der Waals surface area contributed by atoms with Crippen molar-refractivity contribution >= 4 is 17.6 Å². The Balaban J connectivity index is 2.30. The van der Waals surface area contributed by atoms with Crippen molar-refractivity contribution in [2.75, 3.05) is 5.43 Å². The van der Waals surface area contributed by atoms with Gasteiger partial charge in [0, 0.05) is 11.8 Å². The highest BCUT2D eigenvalue weighted by Gasteiger charge is 2.05. The maximum absolute atomic E-state index is 5.36. The van der Waals surface area contributed by atoms with Crippen LogP contribution in [-0.4, -0.2) is 15.0 Å². The van der Waals surface area contributed by atoms with Crippen LogP contribution in [0.1, 0.15) is 17.1 Å². The van der Waals surface area contributed by atoms with Gasteiger partial charge in [0.05, 0.1) is 0 Å². The highest BCUT2D eigenvalue weighted by Crippen LogP contribution is 2.26. The molecule has 0 bridgehead atoms. The fourth-order valence-corrected chi connectivity index (χ4v) is 2.63. The zero-order valence-corrected chi connectivity index (χ0v) is 11.4. The topological polar surface area (TPSA) is 76.7 Å². The Hall–Kier alpha value is -1.66. The molecule has 2 aromatic rings. The van der Waals surface area contributed by atoms with Gasteiger partial charge in [0.15, 0.2) is 0 Å². The normalized spacial score (nSPS) is 10.4. The molecule has 0 spiro atoms. The first-order valence-electron chi connectivity index (χ1n) is 5.52. The molecule has 0 unspecified atom stereocenters. The van der Waals surface area contributed by atoms with Crippen LogP contribution in [-0.2, 0) is 0 Å². The number of hydrazine groups is 1. The smallest absolute Gasteiger partial charge is 0.144 e. The number of rotatable bonds is 3. The summed E-state index contributed by atoms with van der Waals surface area (Å²) in [6.07, 6.45) is 0. The zero-order valence-electron chi connectivity index (χ0n) is 10.6. The van der Waals surface area contributed by atoms with Crippen molar-refractivity contribution in [1.29, 1.82) is 0 Å². The minimum absolute atomic E-state index is 0.606. The average Bonchev–Trinajstić information content (AvgIpc) is 2.26. The van der Waals surface area contributed by atoms with Gasteiger partial charge in [-0.05, 0) is 50.2 Å². The number of nitrogen functional groups attached to an aromatic ring is 1. The second-order valence-corrected chi connectivity index (χ2v) is 5.05. The van der Waals surface area contributed by atoms with Gasteiger partial charge >= 0.3 is 0 Å². The van der Waals surface area contributed by atoms with Crippen molar-refractivity contribution in [1.82, 2.24) is 15.0 Å². The molecule has 0 fully saturated rings. The molecule has 0 atom stereocenters. The van der Waals surface area contributed by atoms with E-state index in [1.54, 1.807) is 6.07 Å². The molecule has 94 valence electrons. The van der Waals surface area contributed by atoms with Gasteiger partial charge in [-0.1, -0.05) is 0 Å². The maximum Gasteiger partial charge on any atom is 0.144 e. The first kappa shape index (κ1) is 12.8. The summed E-state index contributed by atoms with van der Waals surface area (Å²) < 4.78 is 0. The Morgan fingerprint density at radius 2 is 1.72 bits per heavy atom. The lowest BCUT2D eigenvalue weighted by Gasteiger charge is -2.06. The Bertz CT molecular complexity index is 550. The minimum Gasteiger partial charge on any atom is -0.308 e. The fraction of sp³-hybridized carbons (Fsp3) is 0.250. The molecule has 2 aromatic heterocycles. The summed E-state index contributed by atoms with van der Waals surface area (Å²) in [5, 5.41) is 1.75. The van der Waals surface area contributed by atoms with E-state index in [1.807, 2.05) is 26.0 Å². The van der Waals surface area contributed by atoms with Gasteiger partial charge < -0.3 is 5.43 Å². The van der Waals surface area contributed by atoms with Crippen LogP contribution in [0.25, 0.3) is 0 Å². The van der Waals surface area contributed by atoms with Gasteiger partial charge in [-0.2, -0.15) is 0 Å². The summed E-state index contributed by atoms with van der Waals surface area (Å²) in [5.74, 6) is 6.65. The first-order valence-corrected chi connectivity index (χ1v) is 6.34. The van der Waals surface area contributed by atoms with Crippen molar-refractivity contribution in [2.24, 2.45) is 5.84 Å². The third kappa shape index (κ3) is 3.18. The number of nitrogens with zero attached hydrogens (tertiary/aromatic N) is 3. The van der Waals surface area contributed by atoms with Gasteiger partial charge in [-0.25, -0.2) is 20.8 Å². The average molecular weight is 261 g/mol. The first-order chi connectivity index (χ1) is 8.56. The second kappa shape index (κ2) is 5.32. The molecule has 5 nitrogen and oxygen atoms in total. The van der Waals surface area contributed by atoms with E-state index in [0.717, 1.165) is 15.7 Å². The Labute approximate surface area is 110 Å². The van der Waals surface area contributed by atoms with Gasteiger partial charge in [-0.3, -0.25) is 0 Å². The molecule has 2 heterocycles. The van der Waals surface area contributed by atoms with Crippen LogP contribution in [0.3, 0.4) is 0 Å². The Kier molecular flexibility index (Phi) is 3.78. The van der Waals surface area contributed by atoms with Gasteiger partial charge in [0.1, 0.15) is 21.7 Å². The molecule has 0 aromatic carbocycles. The quantitative estimate of drug-likeness (QED) is 0.501. The summed E-state index contributed by atoms with van der Waals surface area (Å²) >= 11 is 1.50. The molecule has 18 heavy (non-hydrogen) atoms. The van der Waals surface area contributed by atoms with Gasteiger partial charge in [-0.15, -0.1) is 0 Å². The summed E-state index contributed by atoms with van der Waals surface area (Å²) in [6.45, 7) is 5.87. The van der Waals surface area contributed by atoms with Gasteiger partial charge in [0.25, 0.3) is 0 Å². The molecule has 0 aliphatic carbocycles. The van der Waals surface area contributed by atoms with Crippen molar-refractivity contribution in [3.8, 4) is 0 Å². The number of hydrogen-bond donors (Lipinski definition) is 2. The number of hydrogen-bond acceptors (Lipinski definition) is 6. The lowest BCUT2D eigenvalue weighted by molar-refractivity contribution is 0.957. The van der Waals surface area contributed by atoms with Crippen LogP contribution in [0.4, 0.5) is 5.82 Å². The molecule has 0 saturated heterocycles. The fourth-order valence-electron chi connectivity index (χ4n) is 1.63. The molecule has 0 saturated carbocycles. The van der Waals surface area contributed by atoms with Crippen molar-refractivity contribution < 1.29 is 0 Å². The summed E-state index contributed by atoms with van der Waals surface area (Å²) in [7, 11) is 0. The Morgan fingerprint density at radius 3 is 2.39 bits per heavy atom. The highest BCUT2D eigenvalue weighted by atomic mass is 32.2. The number of pyridine rings is 1. The molecule has 3 N–H and O–H groups in total. The molecule has 0 amide bonds. The molecule has 2 rings (SSSR count). The van der Waals surface area contributed by atoms with E-state index in [9.17, 15) is 0 Å². The van der Waals surface area contributed by atoms with E-state index in [0.29, 0.717) is 11.6 Å². The van der Waals surface area contributed by atoms with E-state index in [-0.39, 0.29) is 0 Å². The van der Waals surface area contributed by atoms with Crippen molar-refractivity contribution in [3.05, 3.63) is 35.3 Å². The van der Waals surface area contributed by atoms with Crippen LogP contribution in [0.2, 0.25) is 0 Å². The maximum atomic E-state index is 5.36. The predicted molar refractivity (Wildman–Crippen MR) is 72.4 cm³/mol. The third-order valence-corrected chi connectivity index (χ3v) is 3.08. The molecule has 0 aliphatic heterocycles. The molecule has 0 radical (unpaired) electrons. The summed E-state index contributed by atoms with van der Waals surface area (Å²) in [5.41, 5.74) is 4.72. The van der Waals surface area contributed by atoms with E-state index >= 15 is 0 Å². The van der Waals surface area contributed by atoms with E-state index in [4.69, 9.17) is 5.84 Å². The van der Waals surface area contributed by atoms with Crippen LogP contribution >= 0.6 is 11.8 Å². The van der Waals surface area contributed by atoms with Crippen molar-refractivity contribution in [3.63, 3.8) is 0 Å². The van der Waals surface area contributed by atoms with Crippen LogP contribution in [0.15, 0.2) is 28.3 Å². The summed E-state index contributed by atoms with van der Waals surface area (Å²) in [4.78, 5) is 13.0. The molecule has 6 heteroatoms. The zero-order chi connectivity index (χ0) is 13.1. The number of nitrogens with two attached hydrogens (primary N) is 1. The minimum atomic E-state index is 0.606. The SMILES string of the molecule is Cc1cc(C)nc(Sc2cc(NN)nc(C)n2)c1. The molecular formula is C12H15N5S. The number of anilines is 1. The third-order valence-electron chi connectivity index (χ3n) is 2.25. The molecule has 0 aliphatic rings. The lowest BCUT2D eigenvalue weighted by atomic mass is 10.3. The second-order valence-electron chi connectivity index (χ2n) is 4.01. The number of aryl methyl sites for hydroxylation is 3. The van der Waals surface area contributed by atoms with Crippen LogP contribution in [0.5, 0.6) is 0 Å². The largest absolute Gasteiger partial charge is 0.308 e. The number of nitrogens with one attached hydrogen (secondary N) is 1. The van der Waals surface area contributed by atoms with Gasteiger partial charge in [0.2, 0.25) is 0 Å². The van der Waals surface area contributed by atoms with E-state index in [2.05, 4.69) is 27.3 Å². The predicted octanol–water partition coefficient (Wildman–Crippen LogP) is 2.23. The lowest BCUT2D eigenvalue weighted by Crippen LogP contribution is -2.09. The van der Waals surface area contributed by atoms with Crippen LogP contribution < -0.4 is 11.3 Å². The van der Waals surface area contributed by atoms with E-state index in [1.165, 1.54) is 17.3 Å². The monoisotopic (exact) mass is 261 g/mol. The summed E-state index contributed by atoms with van der Waals surface area (Å²) in [6, 6.07) is 5.88. The van der Waals surface area contributed by atoms with E-state index < -0.39 is 0 Å². The Morgan fingerprint density at radius 1 is 1.00 bits per heavy atom. The number of aromatic nitrogens is 3. The van der Waals surface area contributed by atoms with Crippen molar-refractivity contribution in [2.45, 2.75) is 30.8 Å².